The zero-order valence-electron chi connectivity index (χ0n) is 11.0. The second-order valence-electron chi connectivity index (χ2n) is 4.16. The third kappa shape index (κ3) is 4.73. The molecule has 20 heavy (non-hydrogen) atoms. The summed E-state index contributed by atoms with van der Waals surface area (Å²) in [4.78, 5) is 10.6. The third-order valence-corrected chi connectivity index (χ3v) is 2.70. The second kappa shape index (κ2) is 7.14. The van der Waals surface area contributed by atoms with Gasteiger partial charge >= 0.3 is 12.1 Å². The molecule has 1 amide bonds. The molecule has 1 aromatic rings. The van der Waals surface area contributed by atoms with Crippen LogP contribution in [0.2, 0.25) is 0 Å². The number of aryl methyl sites for hydroxylation is 1. The number of carbonyl (C=O) groups excluding carboxylic acids is 1. The van der Waals surface area contributed by atoms with E-state index in [1.54, 1.807) is 18.2 Å². The SMILES string of the molecule is COc1cc(CO)ccc1CCCNC(=O)C(F)(F)F. The zero-order chi connectivity index (χ0) is 15.2. The lowest BCUT2D eigenvalue weighted by atomic mass is 10.1. The fourth-order valence-electron chi connectivity index (χ4n) is 1.67. The Kier molecular flexibility index (Phi) is 5.82. The van der Waals surface area contributed by atoms with E-state index in [1.165, 1.54) is 7.11 Å². The number of ether oxygens (including phenoxy) is 1. The number of hydrogen-bond acceptors (Lipinski definition) is 3. The molecule has 7 heteroatoms. The number of benzene rings is 1. The summed E-state index contributed by atoms with van der Waals surface area (Å²) in [6, 6.07) is 5.13. The van der Waals surface area contributed by atoms with E-state index in [9.17, 15) is 18.0 Å². The summed E-state index contributed by atoms with van der Waals surface area (Å²) in [5.74, 6) is -1.36. The van der Waals surface area contributed by atoms with E-state index in [4.69, 9.17) is 9.84 Å². The van der Waals surface area contributed by atoms with Crippen LogP contribution in [-0.4, -0.2) is 30.8 Å². The quantitative estimate of drug-likeness (QED) is 0.786. The van der Waals surface area contributed by atoms with E-state index >= 15 is 0 Å². The van der Waals surface area contributed by atoms with E-state index in [-0.39, 0.29) is 13.2 Å². The van der Waals surface area contributed by atoms with Crippen molar-refractivity contribution in [3.63, 3.8) is 0 Å². The number of rotatable bonds is 6. The van der Waals surface area contributed by atoms with Gasteiger partial charge < -0.3 is 15.2 Å². The average Bonchev–Trinajstić information content (AvgIpc) is 2.42. The maximum absolute atomic E-state index is 11.9. The van der Waals surface area contributed by atoms with E-state index in [0.29, 0.717) is 24.2 Å². The number of methoxy groups -OCH3 is 1. The number of aliphatic hydroxyl groups excluding tert-OH is 1. The first-order valence-electron chi connectivity index (χ1n) is 6.00. The van der Waals surface area contributed by atoms with Gasteiger partial charge in [0.2, 0.25) is 0 Å². The van der Waals surface area contributed by atoms with Gasteiger partial charge in [-0.2, -0.15) is 13.2 Å². The normalized spacial score (nSPS) is 11.2. The van der Waals surface area contributed by atoms with Gasteiger partial charge in [-0.1, -0.05) is 12.1 Å². The summed E-state index contributed by atoms with van der Waals surface area (Å²) >= 11 is 0. The van der Waals surface area contributed by atoms with Gasteiger partial charge in [0, 0.05) is 6.54 Å². The number of aliphatic hydroxyl groups is 1. The van der Waals surface area contributed by atoms with E-state index in [1.807, 2.05) is 5.32 Å². The Balaban J connectivity index is 2.48. The van der Waals surface area contributed by atoms with Crippen LogP contribution in [0.4, 0.5) is 13.2 Å². The van der Waals surface area contributed by atoms with E-state index in [0.717, 1.165) is 5.56 Å². The fraction of sp³-hybridized carbons (Fsp3) is 0.462. The third-order valence-electron chi connectivity index (χ3n) is 2.70. The van der Waals surface area contributed by atoms with Crippen molar-refractivity contribution in [2.24, 2.45) is 0 Å². The lowest BCUT2D eigenvalue weighted by Gasteiger charge is -2.11. The number of hydrogen-bond donors (Lipinski definition) is 2. The fourth-order valence-corrected chi connectivity index (χ4v) is 1.67. The Bertz CT molecular complexity index is 461. The molecule has 0 atom stereocenters. The summed E-state index contributed by atoms with van der Waals surface area (Å²) in [5, 5.41) is 10.8. The summed E-state index contributed by atoms with van der Waals surface area (Å²) in [6.45, 7) is -0.179. The Morgan fingerprint density at radius 1 is 1.40 bits per heavy atom. The van der Waals surface area contributed by atoms with Crippen LogP contribution in [0, 0.1) is 0 Å². The molecule has 0 heterocycles. The standard InChI is InChI=1S/C13H16F3NO3/c1-20-11-7-9(8-18)4-5-10(11)3-2-6-17-12(19)13(14,15)16/h4-5,7,18H,2-3,6,8H2,1H3,(H,17,19). The summed E-state index contributed by atoms with van der Waals surface area (Å²) in [6.07, 6.45) is -4.02. The van der Waals surface area contributed by atoms with Crippen LogP contribution in [0.15, 0.2) is 18.2 Å². The van der Waals surface area contributed by atoms with Crippen LogP contribution in [0.25, 0.3) is 0 Å². The summed E-state index contributed by atoms with van der Waals surface area (Å²) in [5.41, 5.74) is 1.50. The summed E-state index contributed by atoms with van der Waals surface area (Å²) < 4.78 is 41.0. The van der Waals surface area contributed by atoms with Gasteiger partial charge in [-0.05, 0) is 30.0 Å². The molecule has 0 aromatic heterocycles. The molecule has 1 aromatic carbocycles. The van der Waals surface area contributed by atoms with Crippen LogP contribution in [0.1, 0.15) is 17.5 Å². The predicted molar refractivity (Wildman–Crippen MR) is 66.3 cm³/mol. The maximum Gasteiger partial charge on any atom is 0.471 e. The number of carbonyl (C=O) groups is 1. The molecule has 0 aliphatic carbocycles. The monoisotopic (exact) mass is 291 g/mol. The van der Waals surface area contributed by atoms with Crippen molar-refractivity contribution < 1.29 is 27.8 Å². The molecule has 1 rings (SSSR count). The number of halogens is 3. The Labute approximate surface area is 114 Å². The van der Waals surface area contributed by atoms with Gasteiger partial charge in [-0.15, -0.1) is 0 Å². The van der Waals surface area contributed by atoms with Crippen molar-refractivity contribution in [3.05, 3.63) is 29.3 Å². The first kappa shape index (κ1) is 16.3. The molecular formula is C13H16F3NO3. The molecule has 0 radical (unpaired) electrons. The van der Waals surface area contributed by atoms with Crippen LogP contribution in [0.5, 0.6) is 5.75 Å². The first-order chi connectivity index (χ1) is 9.38. The highest BCUT2D eigenvalue weighted by molar-refractivity contribution is 5.81. The molecular weight excluding hydrogens is 275 g/mol. The molecule has 4 nitrogen and oxygen atoms in total. The van der Waals surface area contributed by atoms with Crippen LogP contribution in [-0.2, 0) is 17.8 Å². The highest BCUT2D eigenvalue weighted by atomic mass is 19.4. The minimum absolute atomic E-state index is 0.0662. The Morgan fingerprint density at radius 2 is 2.10 bits per heavy atom. The molecule has 2 N–H and O–H groups in total. The molecule has 0 unspecified atom stereocenters. The van der Waals surface area contributed by atoms with Crippen molar-refractivity contribution in [1.29, 1.82) is 0 Å². The first-order valence-corrected chi connectivity index (χ1v) is 6.00. The number of nitrogens with one attached hydrogen (secondary N) is 1. The van der Waals surface area contributed by atoms with Crippen molar-refractivity contribution in [2.45, 2.75) is 25.6 Å². The lowest BCUT2D eigenvalue weighted by Crippen LogP contribution is -2.37. The van der Waals surface area contributed by atoms with Crippen LogP contribution < -0.4 is 10.1 Å². The second-order valence-corrected chi connectivity index (χ2v) is 4.16. The summed E-state index contributed by atoms with van der Waals surface area (Å²) in [7, 11) is 1.48. The molecule has 0 saturated carbocycles. The predicted octanol–water partition coefficient (Wildman–Crippen LogP) is 1.80. The van der Waals surface area contributed by atoms with Crippen molar-refractivity contribution in [1.82, 2.24) is 5.32 Å². The average molecular weight is 291 g/mol. The minimum Gasteiger partial charge on any atom is -0.496 e. The van der Waals surface area contributed by atoms with Crippen molar-refractivity contribution in [2.75, 3.05) is 13.7 Å². The molecule has 0 aliphatic heterocycles. The Hall–Kier alpha value is -1.76. The van der Waals surface area contributed by atoms with E-state index in [2.05, 4.69) is 0 Å². The lowest BCUT2D eigenvalue weighted by molar-refractivity contribution is -0.173. The van der Waals surface area contributed by atoms with E-state index < -0.39 is 12.1 Å². The molecule has 0 aliphatic rings. The highest BCUT2D eigenvalue weighted by Crippen LogP contribution is 2.21. The molecule has 0 fully saturated rings. The van der Waals surface area contributed by atoms with Gasteiger partial charge in [0.25, 0.3) is 0 Å². The van der Waals surface area contributed by atoms with Crippen molar-refractivity contribution in [3.8, 4) is 5.75 Å². The Morgan fingerprint density at radius 3 is 2.65 bits per heavy atom. The topological polar surface area (TPSA) is 58.6 Å². The largest absolute Gasteiger partial charge is 0.496 e. The molecule has 0 saturated heterocycles. The molecule has 112 valence electrons. The maximum atomic E-state index is 11.9. The van der Waals surface area contributed by atoms with Gasteiger partial charge in [-0.3, -0.25) is 4.79 Å². The highest BCUT2D eigenvalue weighted by Gasteiger charge is 2.38. The van der Waals surface area contributed by atoms with Gasteiger partial charge in [-0.25, -0.2) is 0 Å². The van der Waals surface area contributed by atoms with Gasteiger partial charge in [0.05, 0.1) is 13.7 Å². The smallest absolute Gasteiger partial charge is 0.471 e. The van der Waals surface area contributed by atoms with Gasteiger partial charge in [0.15, 0.2) is 0 Å². The number of amides is 1. The zero-order valence-corrected chi connectivity index (χ0v) is 11.0. The number of alkyl halides is 3. The van der Waals surface area contributed by atoms with Crippen LogP contribution in [0.3, 0.4) is 0 Å². The van der Waals surface area contributed by atoms with Crippen LogP contribution >= 0.6 is 0 Å². The molecule has 0 bridgehead atoms. The van der Waals surface area contributed by atoms with Gasteiger partial charge in [0.1, 0.15) is 5.75 Å². The molecule has 0 spiro atoms. The van der Waals surface area contributed by atoms with Crippen molar-refractivity contribution >= 4 is 5.91 Å². The minimum atomic E-state index is -4.85.